The molecule has 0 amide bonds. The fourth-order valence-electron chi connectivity index (χ4n) is 7.57. The number of aryl methyl sites for hydroxylation is 1. The first kappa shape index (κ1) is 33.2. The Morgan fingerprint density at radius 3 is 1.46 bits per heavy atom. The lowest BCUT2D eigenvalue weighted by molar-refractivity contribution is 0.669. The van der Waals surface area contributed by atoms with Crippen LogP contribution >= 0.6 is 0 Å². The van der Waals surface area contributed by atoms with Crippen molar-refractivity contribution >= 4 is 21.9 Å². The molecule has 0 aliphatic rings. The zero-order valence-corrected chi connectivity index (χ0v) is 30.7. The second-order valence-electron chi connectivity index (χ2n) is 14.1. The van der Waals surface area contributed by atoms with Crippen LogP contribution in [-0.4, -0.2) is 15.0 Å². The van der Waals surface area contributed by atoms with Crippen LogP contribution in [0.1, 0.15) is 5.56 Å². The molecule has 0 aliphatic heterocycles. The van der Waals surface area contributed by atoms with Crippen molar-refractivity contribution in [3.05, 3.63) is 200 Å². The predicted molar refractivity (Wildman–Crippen MR) is 230 cm³/mol. The van der Waals surface area contributed by atoms with Crippen molar-refractivity contribution in [3.63, 3.8) is 0 Å². The van der Waals surface area contributed by atoms with Crippen molar-refractivity contribution in [2.75, 3.05) is 0 Å². The van der Waals surface area contributed by atoms with E-state index >= 15 is 0 Å². The Balaban J connectivity index is 1.07. The Kier molecular flexibility index (Phi) is 8.34. The highest BCUT2D eigenvalue weighted by atomic mass is 16.3. The van der Waals surface area contributed by atoms with Crippen molar-refractivity contribution in [2.45, 2.75) is 6.92 Å². The van der Waals surface area contributed by atoms with Crippen LogP contribution < -0.4 is 0 Å². The maximum absolute atomic E-state index is 6.50. The molecule has 4 heteroatoms. The summed E-state index contributed by atoms with van der Waals surface area (Å²) in [5.41, 5.74) is 14.8. The second kappa shape index (κ2) is 14.1. The van der Waals surface area contributed by atoms with E-state index in [1.54, 1.807) is 0 Å². The molecular formula is C52H35N3O. The van der Waals surface area contributed by atoms with Gasteiger partial charge < -0.3 is 4.42 Å². The highest BCUT2D eigenvalue weighted by Crippen LogP contribution is 2.38. The third-order valence-corrected chi connectivity index (χ3v) is 10.4. The molecule has 10 aromatic rings. The molecule has 0 radical (unpaired) electrons. The molecule has 2 heterocycles. The number of nitrogens with zero attached hydrogens (tertiary/aromatic N) is 3. The topological polar surface area (TPSA) is 51.8 Å². The van der Waals surface area contributed by atoms with Crippen LogP contribution in [0.4, 0.5) is 0 Å². The SMILES string of the molecule is Cc1cccc(-c2cccc(-c3ccc(-c4nc(-c5cccc(-c6ccccc6)c5)nc(-c5ccc6c(c5)oc5cccc(-c7ccccc7)c56)n4)cc3)c2)c1. The fraction of sp³-hybridized carbons (Fsp3) is 0.0192. The van der Waals surface area contributed by atoms with Crippen LogP contribution in [-0.2, 0) is 0 Å². The summed E-state index contributed by atoms with van der Waals surface area (Å²) in [5, 5.41) is 2.15. The number of hydrogen-bond donors (Lipinski definition) is 0. The van der Waals surface area contributed by atoms with Gasteiger partial charge in [0.2, 0.25) is 0 Å². The number of fused-ring (bicyclic) bond motifs is 3. The Morgan fingerprint density at radius 2 is 0.786 bits per heavy atom. The molecule has 0 N–H and O–H groups in total. The summed E-state index contributed by atoms with van der Waals surface area (Å²) >= 11 is 0. The predicted octanol–water partition coefficient (Wildman–Crippen LogP) is 13.7. The lowest BCUT2D eigenvalue weighted by Gasteiger charge is -2.11. The third kappa shape index (κ3) is 6.33. The first-order valence-corrected chi connectivity index (χ1v) is 18.8. The van der Waals surface area contributed by atoms with Gasteiger partial charge in [-0.05, 0) is 81.8 Å². The molecule has 2 aromatic heterocycles. The van der Waals surface area contributed by atoms with Gasteiger partial charge in [-0.1, -0.05) is 169 Å². The largest absolute Gasteiger partial charge is 0.456 e. The Morgan fingerprint density at radius 1 is 0.321 bits per heavy atom. The molecule has 0 fully saturated rings. The number of benzene rings is 8. The summed E-state index contributed by atoms with van der Waals surface area (Å²) in [4.78, 5) is 15.3. The van der Waals surface area contributed by atoms with Crippen molar-refractivity contribution < 1.29 is 4.42 Å². The molecule has 10 rings (SSSR count). The molecule has 264 valence electrons. The maximum atomic E-state index is 6.50. The van der Waals surface area contributed by atoms with E-state index in [2.05, 4.69) is 177 Å². The van der Waals surface area contributed by atoms with E-state index < -0.39 is 0 Å². The van der Waals surface area contributed by atoms with E-state index in [0.717, 1.165) is 72.0 Å². The zero-order valence-electron chi connectivity index (χ0n) is 30.7. The van der Waals surface area contributed by atoms with Gasteiger partial charge in [0.1, 0.15) is 11.2 Å². The monoisotopic (exact) mass is 717 g/mol. The summed E-state index contributed by atoms with van der Waals surface area (Å²) in [5.74, 6) is 1.79. The summed E-state index contributed by atoms with van der Waals surface area (Å²) in [6.45, 7) is 2.13. The van der Waals surface area contributed by atoms with E-state index in [1.807, 2.05) is 24.3 Å². The molecule has 0 saturated carbocycles. The molecule has 0 spiro atoms. The molecule has 0 saturated heterocycles. The quantitative estimate of drug-likeness (QED) is 0.165. The lowest BCUT2D eigenvalue weighted by atomic mass is 9.97. The van der Waals surface area contributed by atoms with Crippen molar-refractivity contribution in [1.29, 1.82) is 0 Å². The van der Waals surface area contributed by atoms with Gasteiger partial charge in [0.15, 0.2) is 17.5 Å². The molecule has 56 heavy (non-hydrogen) atoms. The van der Waals surface area contributed by atoms with E-state index in [9.17, 15) is 0 Å². The Hall–Kier alpha value is -7.43. The first-order chi connectivity index (χ1) is 27.6. The Labute approximate surface area is 325 Å². The second-order valence-corrected chi connectivity index (χ2v) is 14.1. The fourth-order valence-corrected chi connectivity index (χ4v) is 7.57. The minimum absolute atomic E-state index is 0.579. The summed E-state index contributed by atoms with van der Waals surface area (Å²) in [6, 6.07) is 67.5. The summed E-state index contributed by atoms with van der Waals surface area (Å²) in [7, 11) is 0. The van der Waals surface area contributed by atoms with E-state index in [1.165, 1.54) is 16.7 Å². The average molecular weight is 718 g/mol. The minimum Gasteiger partial charge on any atom is -0.456 e. The van der Waals surface area contributed by atoms with E-state index in [4.69, 9.17) is 19.4 Å². The third-order valence-electron chi connectivity index (χ3n) is 10.4. The van der Waals surface area contributed by atoms with Gasteiger partial charge in [-0.3, -0.25) is 0 Å². The van der Waals surface area contributed by atoms with Crippen LogP contribution in [0.25, 0.3) is 101 Å². The van der Waals surface area contributed by atoms with Crippen molar-refractivity contribution in [1.82, 2.24) is 15.0 Å². The van der Waals surface area contributed by atoms with Gasteiger partial charge in [0.25, 0.3) is 0 Å². The minimum atomic E-state index is 0.579. The highest BCUT2D eigenvalue weighted by molar-refractivity contribution is 6.13. The lowest BCUT2D eigenvalue weighted by Crippen LogP contribution is -2.00. The highest BCUT2D eigenvalue weighted by Gasteiger charge is 2.17. The standard InChI is InChI=1S/C52H35N3O/c1-34-12-8-17-39(30-34)42-20-9-18-40(31-42)36-24-26-38(27-25-36)50-53-51(43-21-10-19-41(32-43)35-13-4-2-5-14-35)55-52(54-50)44-28-29-46-48(33-44)56-47-23-11-22-45(49(46)47)37-15-6-3-7-16-37/h2-33H,1H3. The van der Waals surface area contributed by atoms with Gasteiger partial charge in [-0.25, -0.2) is 15.0 Å². The Bertz CT molecular complexity index is 3020. The van der Waals surface area contributed by atoms with E-state index in [0.29, 0.717) is 17.5 Å². The molecule has 0 unspecified atom stereocenters. The molecule has 8 aromatic carbocycles. The number of aromatic nitrogens is 3. The first-order valence-electron chi connectivity index (χ1n) is 18.8. The van der Waals surface area contributed by atoms with Crippen LogP contribution in [0, 0.1) is 6.92 Å². The van der Waals surface area contributed by atoms with Crippen LogP contribution in [0.5, 0.6) is 0 Å². The smallest absolute Gasteiger partial charge is 0.164 e. The van der Waals surface area contributed by atoms with Crippen LogP contribution in [0.3, 0.4) is 0 Å². The molecular weight excluding hydrogens is 683 g/mol. The maximum Gasteiger partial charge on any atom is 0.164 e. The summed E-state index contributed by atoms with van der Waals surface area (Å²) < 4.78 is 6.50. The van der Waals surface area contributed by atoms with Crippen LogP contribution in [0.2, 0.25) is 0 Å². The molecule has 0 bridgehead atoms. The van der Waals surface area contributed by atoms with E-state index in [-0.39, 0.29) is 0 Å². The van der Waals surface area contributed by atoms with Gasteiger partial charge in [0, 0.05) is 27.5 Å². The zero-order chi connectivity index (χ0) is 37.4. The summed E-state index contributed by atoms with van der Waals surface area (Å²) in [6.07, 6.45) is 0. The van der Waals surface area contributed by atoms with Crippen LogP contribution in [0.15, 0.2) is 199 Å². The molecule has 0 atom stereocenters. The average Bonchev–Trinajstić information content (AvgIpc) is 3.65. The van der Waals surface area contributed by atoms with Crippen molar-refractivity contribution in [3.8, 4) is 78.7 Å². The number of rotatable bonds is 7. The van der Waals surface area contributed by atoms with Gasteiger partial charge in [-0.15, -0.1) is 0 Å². The number of hydrogen-bond acceptors (Lipinski definition) is 4. The van der Waals surface area contributed by atoms with Gasteiger partial charge >= 0.3 is 0 Å². The van der Waals surface area contributed by atoms with Gasteiger partial charge in [-0.2, -0.15) is 0 Å². The normalized spacial score (nSPS) is 11.3. The molecule has 4 nitrogen and oxygen atoms in total. The number of furan rings is 1. The van der Waals surface area contributed by atoms with Crippen molar-refractivity contribution in [2.24, 2.45) is 0 Å². The molecule has 0 aliphatic carbocycles. The van der Waals surface area contributed by atoms with Gasteiger partial charge in [0.05, 0.1) is 0 Å².